The van der Waals surface area contributed by atoms with E-state index in [2.05, 4.69) is 27.6 Å². The Kier molecular flexibility index (Phi) is 5.61. The highest BCUT2D eigenvalue weighted by Gasteiger charge is 2.26. The Morgan fingerprint density at radius 1 is 1.07 bits per heavy atom. The Hall–Kier alpha value is -3.21. The van der Waals surface area contributed by atoms with Crippen molar-refractivity contribution in [3.8, 4) is 11.4 Å². The zero-order valence-electron chi connectivity index (χ0n) is 15.6. The SMILES string of the molecule is O=C(N[C@H](Cc1ccccc1)c1nc(-c2ccccc2)no1)[C@H]1CC=CCC1. The van der Waals surface area contributed by atoms with Crippen LogP contribution in [0.2, 0.25) is 0 Å². The normalized spacial score (nSPS) is 17.2. The monoisotopic (exact) mass is 373 g/mol. The average Bonchev–Trinajstić information content (AvgIpc) is 3.25. The van der Waals surface area contributed by atoms with Crippen LogP contribution in [0.15, 0.2) is 77.3 Å². The number of nitrogens with one attached hydrogen (secondary N) is 1. The van der Waals surface area contributed by atoms with Gasteiger partial charge in [0.25, 0.3) is 0 Å². The van der Waals surface area contributed by atoms with E-state index in [0.29, 0.717) is 18.1 Å². The molecule has 0 saturated carbocycles. The molecule has 2 atom stereocenters. The van der Waals surface area contributed by atoms with Gasteiger partial charge in [-0.3, -0.25) is 4.79 Å². The number of hydrogen-bond acceptors (Lipinski definition) is 4. The van der Waals surface area contributed by atoms with Gasteiger partial charge >= 0.3 is 0 Å². The van der Waals surface area contributed by atoms with E-state index in [0.717, 1.165) is 30.4 Å². The van der Waals surface area contributed by atoms with Crippen molar-refractivity contribution in [1.82, 2.24) is 15.5 Å². The van der Waals surface area contributed by atoms with Crippen LogP contribution in [-0.2, 0) is 11.2 Å². The predicted octanol–water partition coefficient (Wildman–Crippen LogP) is 4.49. The van der Waals surface area contributed by atoms with Crippen LogP contribution in [-0.4, -0.2) is 16.0 Å². The van der Waals surface area contributed by atoms with E-state index >= 15 is 0 Å². The van der Waals surface area contributed by atoms with Crippen molar-refractivity contribution in [2.45, 2.75) is 31.7 Å². The second kappa shape index (κ2) is 8.65. The Balaban J connectivity index is 1.56. The minimum atomic E-state index is -0.356. The number of benzene rings is 2. The lowest BCUT2D eigenvalue weighted by atomic mass is 9.93. The predicted molar refractivity (Wildman–Crippen MR) is 107 cm³/mol. The van der Waals surface area contributed by atoms with Crippen molar-refractivity contribution < 1.29 is 9.32 Å². The lowest BCUT2D eigenvalue weighted by Crippen LogP contribution is -2.35. The number of carbonyl (C=O) groups excluding carboxylic acids is 1. The van der Waals surface area contributed by atoms with Gasteiger partial charge in [-0.1, -0.05) is 78.0 Å². The van der Waals surface area contributed by atoms with Crippen molar-refractivity contribution in [2.24, 2.45) is 5.92 Å². The first kappa shape index (κ1) is 18.2. The van der Waals surface area contributed by atoms with E-state index in [1.165, 1.54) is 0 Å². The highest BCUT2D eigenvalue weighted by Crippen LogP contribution is 2.24. The van der Waals surface area contributed by atoms with Crippen LogP contribution in [0, 0.1) is 5.92 Å². The van der Waals surface area contributed by atoms with Crippen LogP contribution in [0.1, 0.15) is 36.8 Å². The molecule has 0 unspecified atom stereocenters. The summed E-state index contributed by atoms with van der Waals surface area (Å²) in [5.74, 6) is 1.01. The molecule has 5 nitrogen and oxygen atoms in total. The molecule has 0 saturated heterocycles. The Morgan fingerprint density at radius 3 is 2.54 bits per heavy atom. The third-order valence-electron chi connectivity index (χ3n) is 5.01. The first-order chi connectivity index (χ1) is 13.8. The highest BCUT2D eigenvalue weighted by atomic mass is 16.5. The molecule has 1 heterocycles. The van der Waals surface area contributed by atoms with Crippen LogP contribution in [0.5, 0.6) is 0 Å². The van der Waals surface area contributed by atoms with Crippen molar-refractivity contribution >= 4 is 5.91 Å². The van der Waals surface area contributed by atoms with E-state index in [1.54, 1.807) is 0 Å². The fourth-order valence-corrected chi connectivity index (χ4v) is 3.45. The molecule has 0 aliphatic heterocycles. The molecule has 2 aromatic carbocycles. The number of hydrogen-bond donors (Lipinski definition) is 1. The van der Waals surface area contributed by atoms with Crippen LogP contribution in [0.25, 0.3) is 11.4 Å². The van der Waals surface area contributed by atoms with Gasteiger partial charge < -0.3 is 9.84 Å². The molecule has 1 aliphatic rings. The molecule has 4 rings (SSSR count). The van der Waals surface area contributed by atoms with E-state index in [4.69, 9.17) is 4.52 Å². The molecule has 0 spiro atoms. The van der Waals surface area contributed by atoms with Crippen molar-refractivity contribution in [2.75, 3.05) is 0 Å². The van der Waals surface area contributed by atoms with Gasteiger partial charge in [-0.25, -0.2) is 0 Å². The van der Waals surface area contributed by atoms with Gasteiger partial charge in [0.15, 0.2) is 0 Å². The summed E-state index contributed by atoms with van der Waals surface area (Å²) in [5, 5.41) is 7.27. The molecule has 142 valence electrons. The molecule has 1 aromatic heterocycles. The van der Waals surface area contributed by atoms with Crippen LogP contribution < -0.4 is 5.32 Å². The Morgan fingerprint density at radius 2 is 1.82 bits per heavy atom. The summed E-state index contributed by atoms with van der Waals surface area (Å²) in [6.45, 7) is 0. The van der Waals surface area contributed by atoms with Crippen molar-refractivity contribution in [3.63, 3.8) is 0 Å². The first-order valence-corrected chi connectivity index (χ1v) is 9.68. The highest BCUT2D eigenvalue weighted by molar-refractivity contribution is 5.79. The summed E-state index contributed by atoms with van der Waals surface area (Å²) in [5.41, 5.74) is 2.00. The Bertz CT molecular complexity index is 935. The lowest BCUT2D eigenvalue weighted by molar-refractivity contribution is -0.126. The summed E-state index contributed by atoms with van der Waals surface area (Å²) < 4.78 is 5.55. The maximum atomic E-state index is 12.8. The first-order valence-electron chi connectivity index (χ1n) is 9.68. The summed E-state index contributed by atoms with van der Waals surface area (Å²) in [4.78, 5) is 17.4. The second-order valence-corrected chi connectivity index (χ2v) is 7.05. The van der Waals surface area contributed by atoms with Gasteiger partial charge in [0, 0.05) is 17.9 Å². The van der Waals surface area contributed by atoms with Gasteiger partial charge in [-0.2, -0.15) is 4.98 Å². The summed E-state index contributed by atoms with van der Waals surface area (Å²) in [6.07, 6.45) is 7.42. The smallest absolute Gasteiger partial charge is 0.249 e. The van der Waals surface area contributed by atoms with E-state index < -0.39 is 0 Å². The van der Waals surface area contributed by atoms with Gasteiger partial charge in [0.05, 0.1) is 0 Å². The molecule has 3 aromatic rings. The van der Waals surface area contributed by atoms with Gasteiger partial charge in [-0.05, 0) is 24.8 Å². The Labute approximate surface area is 164 Å². The number of nitrogens with zero attached hydrogens (tertiary/aromatic N) is 2. The lowest BCUT2D eigenvalue weighted by Gasteiger charge is -2.21. The zero-order valence-corrected chi connectivity index (χ0v) is 15.6. The van der Waals surface area contributed by atoms with Gasteiger partial charge in [0.1, 0.15) is 6.04 Å². The molecular weight excluding hydrogens is 350 g/mol. The number of carbonyl (C=O) groups is 1. The van der Waals surface area contributed by atoms with Crippen LogP contribution >= 0.6 is 0 Å². The van der Waals surface area contributed by atoms with E-state index in [9.17, 15) is 4.79 Å². The van der Waals surface area contributed by atoms with Gasteiger partial charge in [0.2, 0.25) is 17.6 Å². The minimum Gasteiger partial charge on any atom is -0.344 e. The number of aromatic nitrogens is 2. The summed E-state index contributed by atoms with van der Waals surface area (Å²) >= 11 is 0. The van der Waals surface area contributed by atoms with E-state index in [-0.39, 0.29) is 17.9 Å². The second-order valence-electron chi connectivity index (χ2n) is 7.05. The summed E-state index contributed by atoms with van der Waals surface area (Å²) in [7, 11) is 0. The molecule has 5 heteroatoms. The maximum Gasteiger partial charge on any atom is 0.249 e. The maximum absolute atomic E-state index is 12.8. The van der Waals surface area contributed by atoms with Crippen LogP contribution in [0.3, 0.4) is 0 Å². The molecule has 28 heavy (non-hydrogen) atoms. The molecule has 0 fully saturated rings. The van der Waals surface area contributed by atoms with Crippen molar-refractivity contribution in [3.05, 3.63) is 84.3 Å². The van der Waals surface area contributed by atoms with E-state index in [1.807, 2.05) is 60.7 Å². The van der Waals surface area contributed by atoms with Crippen LogP contribution in [0.4, 0.5) is 0 Å². The molecular formula is C23H23N3O2. The average molecular weight is 373 g/mol. The molecule has 0 radical (unpaired) electrons. The standard InChI is InChI=1S/C23H23N3O2/c27-22(19-14-8-3-9-15-19)24-20(16-17-10-4-1-5-11-17)23-25-21(26-28-23)18-12-6-2-7-13-18/h1-8,10-13,19-20H,9,14-16H2,(H,24,27)/t19-,20+/m0/s1. The fourth-order valence-electron chi connectivity index (χ4n) is 3.45. The number of allylic oxidation sites excluding steroid dienone is 2. The zero-order chi connectivity index (χ0) is 19.2. The molecule has 1 N–H and O–H groups in total. The fraction of sp³-hybridized carbons (Fsp3) is 0.261. The summed E-state index contributed by atoms with van der Waals surface area (Å²) in [6, 6.07) is 19.4. The molecule has 1 amide bonds. The quantitative estimate of drug-likeness (QED) is 0.646. The van der Waals surface area contributed by atoms with Gasteiger partial charge in [-0.15, -0.1) is 0 Å². The number of amides is 1. The molecule has 0 bridgehead atoms. The number of rotatable bonds is 6. The molecule has 1 aliphatic carbocycles. The third-order valence-corrected chi connectivity index (χ3v) is 5.01. The third kappa shape index (κ3) is 4.36. The minimum absolute atomic E-state index is 0.000196. The van der Waals surface area contributed by atoms with Crippen molar-refractivity contribution in [1.29, 1.82) is 0 Å². The topological polar surface area (TPSA) is 68.0 Å². The largest absolute Gasteiger partial charge is 0.344 e.